The maximum Gasteiger partial charge on any atom is 0.251 e. The topological polar surface area (TPSA) is 42.0 Å². The molecule has 0 aliphatic carbocycles. The fourth-order valence-corrected chi connectivity index (χ4v) is 3.23. The molecule has 4 heteroatoms. The van der Waals surface area contributed by atoms with Gasteiger partial charge in [-0.2, -0.15) is 0 Å². The van der Waals surface area contributed by atoms with Crippen LogP contribution in [0, 0.1) is 13.8 Å². The van der Waals surface area contributed by atoms with Crippen molar-refractivity contribution in [1.82, 2.24) is 10.3 Å². The summed E-state index contributed by atoms with van der Waals surface area (Å²) in [5, 5.41) is 5.01. The van der Waals surface area contributed by atoms with Crippen LogP contribution in [0.4, 0.5) is 0 Å². The van der Waals surface area contributed by atoms with Crippen molar-refractivity contribution in [2.75, 3.05) is 0 Å². The van der Waals surface area contributed by atoms with Crippen molar-refractivity contribution in [2.45, 2.75) is 20.4 Å². The molecule has 116 valence electrons. The van der Waals surface area contributed by atoms with Crippen LogP contribution in [-0.2, 0) is 6.54 Å². The lowest BCUT2D eigenvalue weighted by Crippen LogP contribution is -2.23. The van der Waals surface area contributed by atoms with Gasteiger partial charge in [-0.1, -0.05) is 23.3 Å². The summed E-state index contributed by atoms with van der Waals surface area (Å²) >= 11 is 1.66. The number of thiophene rings is 1. The van der Waals surface area contributed by atoms with Crippen molar-refractivity contribution in [2.24, 2.45) is 0 Å². The summed E-state index contributed by atoms with van der Waals surface area (Å²) in [5.41, 5.74) is 4.88. The number of benzene rings is 1. The number of hydrogen-bond donors (Lipinski definition) is 1. The van der Waals surface area contributed by atoms with Gasteiger partial charge in [0.2, 0.25) is 0 Å². The smallest absolute Gasteiger partial charge is 0.251 e. The van der Waals surface area contributed by atoms with Crippen molar-refractivity contribution in [3.8, 4) is 10.6 Å². The van der Waals surface area contributed by atoms with Crippen LogP contribution in [-0.4, -0.2) is 10.9 Å². The van der Waals surface area contributed by atoms with Gasteiger partial charge in [-0.15, -0.1) is 11.3 Å². The minimum atomic E-state index is -0.0497. The maximum atomic E-state index is 12.3. The SMILES string of the molecule is Cc1cc(C)cc(C(=O)NCc2ccnc(-c3cccs3)c2)c1. The molecule has 2 aromatic heterocycles. The van der Waals surface area contributed by atoms with E-state index in [1.165, 1.54) is 0 Å². The highest BCUT2D eigenvalue weighted by Crippen LogP contribution is 2.23. The number of pyridine rings is 1. The minimum absolute atomic E-state index is 0.0497. The van der Waals surface area contributed by atoms with Crippen molar-refractivity contribution in [3.05, 3.63) is 76.3 Å². The quantitative estimate of drug-likeness (QED) is 0.775. The van der Waals surface area contributed by atoms with Crippen LogP contribution < -0.4 is 5.32 Å². The molecule has 3 rings (SSSR count). The van der Waals surface area contributed by atoms with Crippen molar-refractivity contribution in [3.63, 3.8) is 0 Å². The van der Waals surface area contributed by atoms with E-state index in [9.17, 15) is 4.79 Å². The highest BCUT2D eigenvalue weighted by atomic mass is 32.1. The molecule has 1 N–H and O–H groups in total. The molecule has 0 bridgehead atoms. The first-order valence-electron chi connectivity index (χ1n) is 7.47. The molecule has 0 unspecified atom stereocenters. The highest BCUT2D eigenvalue weighted by Gasteiger charge is 2.07. The summed E-state index contributed by atoms with van der Waals surface area (Å²) in [6.07, 6.45) is 1.79. The van der Waals surface area contributed by atoms with Gasteiger partial charge in [-0.05, 0) is 55.1 Å². The fourth-order valence-electron chi connectivity index (χ4n) is 2.53. The van der Waals surface area contributed by atoms with E-state index in [2.05, 4.69) is 16.4 Å². The van der Waals surface area contributed by atoms with E-state index >= 15 is 0 Å². The Hall–Kier alpha value is -2.46. The number of nitrogens with one attached hydrogen (secondary N) is 1. The van der Waals surface area contributed by atoms with E-state index in [1.54, 1.807) is 17.5 Å². The average molecular weight is 322 g/mol. The summed E-state index contributed by atoms with van der Waals surface area (Å²) in [5.74, 6) is -0.0497. The van der Waals surface area contributed by atoms with E-state index in [0.717, 1.165) is 27.3 Å². The molecule has 3 nitrogen and oxygen atoms in total. The number of carbonyl (C=O) groups excluding carboxylic acids is 1. The lowest BCUT2D eigenvalue weighted by Gasteiger charge is -2.08. The molecule has 1 amide bonds. The number of rotatable bonds is 4. The Morgan fingerprint density at radius 1 is 1.13 bits per heavy atom. The standard InChI is InChI=1S/C19H18N2OS/c1-13-8-14(2)10-16(9-13)19(22)21-12-15-5-6-20-17(11-15)18-4-3-7-23-18/h3-11H,12H2,1-2H3,(H,21,22). The normalized spacial score (nSPS) is 10.5. The van der Waals surface area contributed by atoms with Crippen LogP contribution in [0.15, 0.2) is 54.0 Å². The van der Waals surface area contributed by atoms with Crippen molar-refractivity contribution >= 4 is 17.2 Å². The third-order valence-electron chi connectivity index (χ3n) is 3.53. The molecule has 1 aromatic carbocycles. The number of aromatic nitrogens is 1. The van der Waals surface area contributed by atoms with Crippen LogP contribution >= 0.6 is 11.3 Å². The molecule has 23 heavy (non-hydrogen) atoms. The number of amides is 1. The number of nitrogens with zero attached hydrogens (tertiary/aromatic N) is 1. The number of carbonyl (C=O) groups is 1. The Bertz CT molecular complexity index is 805. The molecular formula is C19H18N2OS. The second kappa shape index (κ2) is 6.75. The number of aryl methyl sites for hydroxylation is 2. The summed E-state index contributed by atoms with van der Waals surface area (Å²) in [4.78, 5) is 17.8. The Morgan fingerprint density at radius 3 is 2.61 bits per heavy atom. The molecular weight excluding hydrogens is 304 g/mol. The number of hydrogen-bond acceptors (Lipinski definition) is 3. The molecule has 0 aliphatic rings. The minimum Gasteiger partial charge on any atom is -0.348 e. The summed E-state index contributed by atoms with van der Waals surface area (Å²) in [6.45, 7) is 4.49. The van der Waals surface area contributed by atoms with Crippen LogP contribution in [0.25, 0.3) is 10.6 Å². The first-order valence-corrected chi connectivity index (χ1v) is 8.35. The van der Waals surface area contributed by atoms with E-state index in [0.29, 0.717) is 12.1 Å². The predicted molar refractivity (Wildman–Crippen MR) is 94.6 cm³/mol. The summed E-state index contributed by atoms with van der Waals surface area (Å²) in [7, 11) is 0. The Kier molecular flexibility index (Phi) is 4.53. The molecule has 0 fully saturated rings. The van der Waals surface area contributed by atoms with E-state index in [-0.39, 0.29) is 5.91 Å². The van der Waals surface area contributed by atoms with Gasteiger partial charge in [0, 0.05) is 18.3 Å². The molecule has 0 atom stereocenters. The molecule has 3 aromatic rings. The fraction of sp³-hybridized carbons (Fsp3) is 0.158. The van der Waals surface area contributed by atoms with E-state index in [4.69, 9.17) is 0 Å². The first-order chi connectivity index (χ1) is 11.1. The predicted octanol–water partition coefficient (Wildman–Crippen LogP) is 4.36. The Labute approximate surface area is 140 Å². The lowest BCUT2D eigenvalue weighted by atomic mass is 10.1. The Morgan fingerprint density at radius 2 is 1.91 bits per heavy atom. The second-order valence-corrected chi connectivity index (χ2v) is 6.53. The van der Waals surface area contributed by atoms with Gasteiger partial charge in [0.25, 0.3) is 5.91 Å². The molecule has 0 radical (unpaired) electrons. The largest absolute Gasteiger partial charge is 0.348 e. The van der Waals surface area contributed by atoms with Gasteiger partial charge < -0.3 is 5.32 Å². The zero-order valence-corrected chi connectivity index (χ0v) is 14.0. The first kappa shape index (κ1) is 15.4. The van der Waals surface area contributed by atoms with Gasteiger partial charge in [0.1, 0.15) is 0 Å². The zero-order valence-electron chi connectivity index (χ0n) is 13.2. The van der Waals surface area contributed by atoms with Crippen molar-refractivity contribution in [1.29, 1.82) is 0 Å². The molecule has 0 saturated carbocycles. The monoisotopic (exact) mass is 322 g/mol. The van der Waals surface area contributed by atoms with Crippen LogP contribution in [0.1, 0.15) is 27.0 Å². The Balaban J connectivity index is 1.71. The van der Waals surface area contributed by atoms with Crippen LogP contribution in [0.3, 0.4) is 0 Å². The van der Waals surface area contributed by atoms with Gasteiger partial charge in [-0.3, -0.25) is 9.78 Å². The van der Waals surface area contributed by atoms with Crippen molar-refractivity contribution < 1.29 is 4.79 Å². The molecule has 0 spiro atoms. The van der Waals surface area contributed by atoms with Gasteiger partial charge in [-0.25, -0.2) is 0 Å². The highest BCUT2D eigenvalue weighted by molar-refractivity contribution is 7.13. The lowest BCUT2D eigenvalue weighted by molar-refractivity contribution is 0.0950. The maximum absolute atomic E-state index is 12.3. The molecule has 2 heterocycles. The van der Waals surface area contributed by atoms with Crippen LogP contribution in [0.2, 0.25) is 0 Å². The zero-order chi connectivity index (χ0) is 16.2. The van der Waals surface area contributed by atoms with Gasteiger partial charge in [0.05, 0.1) is 10.6 Å². The van der Waals surface area contributed by atoms with Gasteiger partial charge in [0.15, 0.2) is 0 Å². The van der Waals surface area contributed by atoms with Gasteiger partial charge >= 0.3 is 0 Å². The third kappa shape index (κ3) is 3.85. The average Bonchev–Trinajstić information content (AvgIpc) is 3.06. The molecule has 0 aliphatic heterocycles. The van der Waals surface area contributed by atoms with E-state index in [1.807, 2.05) is 55.6 Å². The summed E-state index contributed by atoms with van der Waals surface area (Å²) in [6, 6.07) is 13.9. The van der Waals surface area contributed by atoms with Crippen LogP contribution in [0.5, 0.6) is 0 Å². The van der Waals surface area contributed by atoms with E-state index < -0.39 is 0 Å². The summed E-state index contributed by atoms with van der Waals surface area (Å²) < 4.78 is 0. The third-order valence-corrected chi connectivity index (χ3v) is 4.43. The second-order valence-electron chi connectivity index (χ2n) is 5.59. The molecule has 0 saturated heterocycles.